The van der Waals surface area contributed by atoms with Gasteiger partial charge in [0.1, 0.15) is 5.69 Å². The van der Waals surface area contributed by atoms with Crippen molar-refractivity contribution in [1.29, 1.82) is 0 Å². The highest BCUT2D eigenvalue weighted by Gasteiger charge is 2.25. The van der Waals surface area contributed by atoms with Gasteiger partial charge in [-0.05, 0) is 5.92 Å². The molecule has 0 fully saturated rings. The maximum absolute atomic E-state index is 10.9. The second-order valence-corrected chi connectivity index (χ2v) is 5.27. The quantitative estimate of drug-likeness (QED) is 0.716. The Morgan fingerprint density at radius 1 is 1.40 bits per heavy atom. The maximum atomic E-state index is 10.9. The summed E-state index contributed by atoms with van der Waals surface area (Å²) in [4.78, 5) is 10.9. The molecule has 15 heavy (non-hydrogen) atoms. The van der Waals surface area contributed by atoms with Crippen LogP contribution in [0.15, 0.2) is 0 Å². The minimum Gasteiger partial charge on any atom is -0.296 e. The van der Waals surface area contributed by atoms with Crippen molar-refractivity contribution in [2.75, 3.05) is 0 Å². The number of nitrogens with zero attached hydrogens (tertiary/aromatic N) is 3. The van der Waals surface area contributed by atoms with Gasteiger partial charge in [0, 0.05) is 12.0 Å². The molecule has 0 saturated heterocycles. The average Bonchev–Trinajstić information content (AvgIpc) is 2.45. The molecule has 0 aromatic carbocycles. The summed E-state index contributed by atoms with van der Waals surface area (Å²) in [5.74, 6) is 0.493. The number of aromatic nitrogens is 3. The van der Waals surface area contributed by atoms with Crippen LogP contribution in [0.1, 0.15) is 50.8 Å². The molecule has 4 heteroatoms. The highest BCUT2D eigenvalue weighted by Crippen LogP contribution is 2.24. The van der Waals surface area contributed by atoms with Crippen molar-refractivity contribution in [1.82, 2.24) is 15.0 Å². The molecule has 0 radical (unpaired) electrons. The first-order chi connectivity index (χ1) is 6.86. The Morgan fingerprint density at radius 2 is 2.00 bits per heavy atom. The van der Waals surface area contributed by atoms with Crippen molar-refractivity contribution in [3.05, 3.63) is 11.4 Å². The SMILES string of the molecule is CC(C)Cn1nnc(C=O)c1C(C)(C)C. The lowest BCUT2D eigenvalue weighted by Crippen LogP contribution is -2.21. The lowest BCUT2D eigenvalue weighted by Gasteiger charge is -2.20. The lowest BCUT2D eigenvalue weighted by atomic mass is 9.90. The molecule has 1 aromatic rings. The van der Waals surface area contributed by atoms with E-state index in [1.54, 1.807) is 0 Å². The first-order valence-corrected chi connectivity index (χ1v) is 5.25. The van der Waals surface area contributed by atoms with E-state index in [4.69, 9.17) is 0 Å². The van der Waals surface area contributed by atoms with Gasteiger partial charge in [-0.1, -0.05) is 39.8 Å². The van der Waals surface area contributed by atoms with E-state index in [0.29, 0.717) is 11.6 Å². The Hall–Kier alpha value is -1.19. The van der Waals surface area contributed by atoms with Crippen LogP contribution >= 0.6 is 0 Å². The number of hydrogen-bond acceptors (Lipinski definition) is 3. The molecular weight excluding hydrogens is 190 g/mol. The third kappa shape index (κ3) is 2.64. The number of carbonyl (C=O) groups is 1. The van der Waals surface area contributed by atoms with Gasteiger partial charge in [-0.2, -0.15) is 0 Å². The Kier molecular flexibility index (Phi) is 3.27. The zero-order valence-corrected chi connectivity index (χ0v) is 10.1. The van der Waals surface area contributed by atoms with Crippen molar-refractivity contribution in [3.8, 4) is 0 Å². The van der Waals surface area contributed by atoms with E-state index in [1.165, 1.54) is 0 Å². The normalized spacial score (nSPS) is 12.1. The van der Waals surface area contributed by atoms with Crippen LogP contribution in [0, 0.1) is 5.92 Å². The molecule has 0 amide bonds. The minimum absolute atomic E-state index is 0.103. The Labute approximate surface area is 90.7 Å². The monoisotopic (exact) mass is 209 g/mol. The van der Waals surface area contributed by atoms with Gasteiger partial charge < -0.3 is 0 Å². The third-order valence-electron chi connectivity index (χ3n) is 2.12. The number of aldehydes is 1. The molecule has 1 heterocycles. The van der Waals surface area contributed by atoms with Crippen LogP contribution in [-0.2, 0) is 12.0 Å². The molecule has 84 valence electrons. The fraction of sp³-hybridized carbons (Fsp3) is 0.727. The molecule has 0 aliphatic rings. The topological polar surface area (TPSA) is 47.8 Å². The van der Waals surface area contributed by atoms with Gasteiger partial charge in [-0.25, -0.2) is 4.68 Å². The smallest absolute Gasteiger partial charge is 0.172 e. The van der Waals surface area contributed by atoms with E-state index in [9.17, 15) is 4.79 Å². The van der Waals surface area contributed by atoms with E-state index in [-0.39, 0.29) is 5.41 Å². The molecule has 0 N–H and O–H groups in total. The van der Waals surface area contributed by atoms with Crippen molar-refractivity contribution in [2.45, 2.75) is 46.6 Å². The maximum Gasteiger partial charge on any atom is 0.172 e. The lowest BCUT2D eigenvalue weighted by molar-refractivity contribution is 0.111. The fourth-order valence-corrected chi connectivity index (χ4v) is 1.65. The van der Waals surface area contributed by atoms with Crippen LogP contribution < -0.4 is 0 Å². The Balaban J connectivity index is 3.17. The molecule has 1 rings (SSSR count). The van der Waals surface area contributed by atoms with Crippen molar-refractivity contribution in [3.63, 3.8) is 0 Å². The summed E-state index contributed by atoms with van der Waals surface area (Å²) in [7, 11) is 0. The van der Waals surface area contributed by atoms with Gasteiger partial charge in [0.2, 0.25) is 0 Å². The zero-order valence-electron chi connectivity index (χ0n) is 10.1. The summed E-state index contributed by atoms with van der Waals surface area (Å²) in [6.07, 6.45) is 0.782. The molecular formula is C11H19N3O. The summed E-state index contributed by atoms with van der Waals surface area (Å²) in [6.45, 7) is 11.2. The molecule has 0 aliphatic carbocycles. The molecule has 0 saturated carbocycles. The minimum atomic E-state index is -0.103. The third-order valence-corrected chi connectivity index (χ3v) is 2.12. The summed E-state index contributed by atoms with van der Waals surface area (Å²) in [6, 6.07) is 0. The molecule has 0 spiro atoms. The van der Waals surface area contributed by atoms with Crippen molar-refractivity contribution >= 4 is 6.29 Å². The fourth-order valence-electron chi connectivity index (χ4n) is 1.65. The van der Waals surface area contributed by atoms with Gasteiger partial charge in [0.25, 0.3) is 0 Å². The van der Waals surface area contributed by atoms with Crippen LogP contribution in [0.4, 0.5) is 0 Å². The van der Waals surface area contributed by atoms with Gasteiger partial charge in [-0.3, -0.25) is 4.79 Å². The number of rotatable bonds is 3. The van der Waals surface area contributed by atoms with Crippen LogP contribution in [0.3, 0.4) is 0 Å². The van der Waals surface area contributed by atoms with E-state index in [0.717, 1.165) is 18.5 Å². The summed E-state index contributed by atoms with van der Waals surface area (Å²) in [5, 5.41) is 7.93. The Morgan fingerprint density at radius 3 is 2.40 bits per heavy atom. The van der Waals surface area contributed by atoms with Crippen LogP contribution in [0.5, 0.6) is 0 Å². The highest BCUT2D eigenvalue weighted by atomic mass is 16.1. The Bertz CT molecular complexity index is 347. The average molecular weight is 209 g/mol. The largest absolute Gasteiger partial charge is 0.296 e. The number of hydrogen-bond donors (Lipinski definition) is 0. The van der Waals surface area contributed by atoms with Gasteiger partial charge in [-0.15, -0.1) is 5.10 Å². The van der Waals surface area contributed by atoms with Gasteiger partial charge >= 0.3 is 0 Å². The molecule has 0 unspecified atom stereocenters. The standard InChI is InChI=1S/C11H19N3O/c1-8(2)6-14-10(11(3,4)5)9(7-15)12-13-14/h7-8H,6H2,1-5H3. The summed E-state index contributed by atoms with van der Waals surface area (Å²) >= 11 is 0. The molecule has 1 aromatic heterocycles. The van der Waals surface area contributed by atoms with Gasteiger partial charge in [0.05, 0.1) is 5.69 Å². The highest BCUT2D eigenvalue weighted by molar-refractivity contribution is 5.73. The van der Waals surface area contributed by atoms with E-state index in [2.05, 4.69) is 44.9 Å². The molecule has 0 bridgehead atoms. The van der Waals surface area contributed by atoms with Crippen LogP contribution in [-0.4, -0.2) is 21.3 Å². The van der Waals surface area contributed by atoms with Crippen molar-refractivity contribution in [2.24, 2.45) is 5.92 Å². The van der Waals surface area contributed by atoms with Gasteiger partial charge in [0.15, 0.2) is 6.29 Å². The van der Waals surface area contributed by atoms with E-state index < -0.39 is 0 Å². The summed E-state index contributed by atoms with van der Waals surface area (Å²) in [5.41, 5.74) is 1.28. The second-order valence-electron chi connectivity index (χ2n) is 5.27. The first-order valence-electron chi connectivity index (χ1n) is 5.25. The second kappa shape index (κ2) is 4.13. The predicted molar refractivity (Wildman–Crippen MR) is 58.9 cm³/mol. The van der Waals surface area contributed by atoms with Crippen molar-refractivity contribution < 1.29 is 4.79 Å². The van der Waals surface area contributed by atoms with Crippen LogP contribution in [0.25, 0.3) is 0 Å². The zero-order chi connectivity index (χ0) is 11.6. The summed E-state index contributed by atoms with van der Waals surface area (Å²) < 4.78 is 1.84. The van der Waals surface area contributed by atoms with E-state index in [1.807, 2.05) is 4.68 Å². The number of carbonyl (C=O) groups excluding carboxylic acids is 1. The predicted octanol–water partition coefficient (Wildman–Crippen LogP) is 2.04. The van der Waals surface area contributed by atoms with E-state index >= 15 is 0 Å². The molecule has 4 nitrogen and oxygen atoms in total. The molecule has 0 aliphatic heterocycles. The van der Waals surface area contributed by atoms with Crippen LogP contribution in [0.2, 0.25) is 0 Å². The molecule has 0 atom stereocenters. The first kappa shape index (κ1) is 11.9.